The maximum atomic E-state index is 12.9. The van der Waals surface area contributed by atoms with E-state index in [0.29, 0.717) is 19.3 Å². The molecule has 1 aliphatic heterocycles. The smallest absolute Gasteiger partial charge is 0.416 e. The number of rotatable bonds is 7. The Morgan fingerprint density at radius 3 is 2.62 bits per heavy atom. The van der Waals surface area contributed by atoms with E-state index < -0.39 is 18.0 Å². The molecular formula is C17H22N4O3. The quantitative estimate of drug-likeness (QED) is 0.433. The van der Waals surface area contributed by atoms with E-state index in [0.717, 1.165) is 10.5 Å². The van der Waals surface area contributed by atoms with E-state index in [-0.39, 0.29) is 18.6 Å². The van der Waals surface area contributed by atoms with Gasteiger partial charge in [0.05, 0.1) is 6.04 Å². The molecule has 0 bridgehead atoms. The van der Waals surface area contributed by atoms with E-state index in [9.17, 15) is 9.59 Å². The third-order valence-electron chi connectivity index (χ3n) is 4.44. The standard InChI is InChI=1S/C17H22N4O3/c1-3-13(4-2)15(19-20-18)16(22)21-14(11-24-17(21)23)10-12-8-6-5-7-9-12/h5-9,13-15H,3-4,10-11H2,1-2H3. The lowest BCUT2D eigenvalue weighted by Crippen LogP contribution is -2.47. The fourth-order valence-electron chi connectivity index (χ4n) is 3.05. The van der Waals surface area contributed by atoms with Gasteiger partial charge >= 0.3 is 6.09 Å². The molecule has 2 unspecified atom stereocenters. The minimum Gasteiger partial charge on any atom is -0.447 e. The highest BCUT2D eigenvalue weighted by atomic mass is 16.6. The van der Waals surface area contributed by atoms with Crippen molar-refractivity contribution < 1.29 is 14.3 Å². The summed E-state index contributed by atoms with van der Waals surface area (Å²) in [7, 11) is 0. The van der Waals surface area contributed by atoms with E-state index in [4.69, 9.17) is 10.3 Å². The minimum absolute atomic E-state index is 0.0980. The zero-order chi connectivity index (χ0) is 17.5. The summed E-state index contributed by atoms with van der Waals surface area (Å²) in [4.78, 5) is 28.9. The SMILES string of the molecule is CCC(CC)C(N=[N+]=[N-])C(=O)N1C(=O)OCC1Cc1ccccc1. The molecule has 128 valence electrons. The average Bonchev–Trinajstić information content (AvgIpc) is 2.96. The third kappa shape index (κ3) is 3.86. The Morgan fingerprint density at radius 2 is 2.04 bits per heavy atom. The van der Waals surface area contributed by atoms with Gasteiger partial charge < -0.3 is 4.74 Å². The topological polar surface area (TPSA) is 95.4 Å². The van der Waals surface area contributed by atoms with Gasteiger partial charge in [-0.2, -0.15) is 0 Å². The third-order valence-corrected chi connectivity index (χ3v) is 4.44. The van der Waals surface area contributed by atoms with Crippen molar-refractivity contribution in [2.45, 2.75) is 45.2 Å². The summed E-state index contributed by atoms with van der Waals surface area (Å²) in [5.41, 5.74) is 9.82. The molecule has 7 nitrogen and oxygen atoms in total. The molecule has 1 aromatic rings. The lowest BCUT2D eigenvalue weighted by Gasteiger charge is -2.26. The fourth-order valence-corrected chi connectivity index (χ4v) is 3.05. The Balaban J connectivity index is 2.22. The normalized spacial score (nSPS) is 18.2. The zero-order valence-corrected chi connectivity index (χ0v) is 14.0. The van der Waals surface area contributed by atoms with Crippen LogP contribution < -0.4 is 0 Å². The molecule has 1 heterocycles. The molecule has 0 N–H and O–H groups in total. The van der Waals surface area contributed by atoms with Crippen LogP contribution >= 0.6 is 0 Å². The van der Waals surface area contributed by atoms with Gasteiger partial charge in [-0.25, -0.2) is 9.69 Å². The largest absolute Gasteiger partial charge is 0.447 e. The highest BCUT2D eigenvalue weighted by Crippen LogP contribution is 2.24. The van der Waals surface area contributed by atoms with E-state index in [1.807, 2.05) is 44.2 Å². The lowest BCUT2D eigenvalue weighted by atomic mass is 9.93. The van der Waals surface area contributed by atoms with Crippen molar-refractivity contribution >= 4 is 12.0 Å². The number of hydrogen-bond donors (Lipinski definition) is 0. The Morgan fingerprint density at radius 1 is 1.38 bits per heavy atom. The van der Waals surface area contributed by atoms with Crippen molar-refractivity contribution in [2.24, 2.45) is 11.0 Å². The van der Waals surface area contributed by atoms with Crippen LogP contribution in [0.5, 0.6) is 0 Å². The highest BCUT2D eigenvalue weighted by molar-refractivity contribution is 5.96. The molecule has 24 heavy (non-hydrogen) atoms. The summed E-state index contributed by atoms with van der Waals surface area (Å²) < 4.78 is 5.08. The average molecular weight is 330 g/mol. The maximum absolute atomic E-state index is 12.9. The van der Waals surface area contributed by atoms with Crippen LogP contribution in [0.3, 0.4) is 0 Å². The molecule has 0 aliphatic carbocycles. The molecule has 1 saturated heterocycles. The Bertz CT molecular complexity index is 624. The van der Waals surface area contributed by atoms with Crippen molar-refractivity contribution in [3.05, 3.63) is 46.3 Å². The van der Waals surface area contributed by atoms with E-state index in [2.05, 4.69) is 10.0 Å². The Labute approximate surface area is 141 Å². The first-order valence-electron chi connectivity index (χ1n) is 8.20. The van der Waals surface area contributed by atoms with Crippen LogP contribution in [0.1, 0.15) is 32.3 Å². The predicted molar refractivity (Wildman–Crippen MR) is 89.1 cm³/mol. The van der Waals surface area contributed by atoms with Crippen molar-refractivity contribution in [3.8, 4) is 0 Å². The number of ether oxygens (including phenoxy) is 1. The molecule has 2 amide bonds. The van der Waals surface area contributed by atoms with E-state index in [1.54, 1.807) is 0 Å². The lowest BCUT2D eigenvalue weighted by molar-refractivity contribution is -0.131. The van der Waals surface area contributed by atoms with Crippen LogP contribution in [0.4, 0.5) is 4.79 Å². The number of hydrogen-bond acceptors (Lipinski definition) is 4. The van der Waals surface area contributed by atoms with Crippen molar-refractivity contribution in [1.82, 2.24) is 4.90 Å². The van der Waals surface area contributed by atoms with Gasteiger partial charge in [-0.3, -0.25) is 4.79 Å². The zero-order valence-electron chi connectivity index (χ0n) is 14.0. The van der Waals surface area contributed by atoms with Crippen LogP contribution in [0.25, 0.3) is 10.4 Å². The second-order valence-electron chi connectivity index (χ2n) is 5.86. The van der Waals surface area contributed by atoms with Crippen molar-refractivity contribution in [2.75, 3.05) is 6.61 Å². The molecule has 0 aromatic heterocycles. The number of amides is 2. The second kappa shape index (κ2) is 8.36. The number of benzene rings is 1. The first-order chi connectivity index (χ1) is 11.6. The summed E-state index contributed by atoms with van der Waals surface area (Å²) in [5, 5.41) is 3.67. The molecule has 0 spiro atoms. The van der Waals surface area contributed by atoms with Gasteiger partial charge in [0, 0.05) is 4.91 Å². The summed E-state index contributed by atoms with van der Waals surface area (Å²) >= 11 is 0. The molecular weight excluding hydrogens is 308 g/mol. The Hall–Kier alpha value is -2.53. The van der Waals surface area contributed by atoms with Crippen LogP contribution in [-0.2, 0) is 16.0 Å². The van der Waals surface area contributed by atoms with Crippen LogP contribution in [-0.4, -0.2) is 35.6 Å². The number of imide groups is 1. The molecule has 1 aromatic carbocycles. The molecule has 0 saturated carbocycles. The minimum atomic E-state index is -0.881. The summed E-state index contributed by atoms with van der Waals surface area (Å²) in [6, 6.07) is 8.35. The first-order valence-corrected chi connectivity index (χ1v) is 8.20. The number of carbonyl (C=O) groups excluding carboxylic acids is 2. The van der Waals surface area contributed by atoms with Gasteiger partial charge in [-0.1, -0.05) is 62.1 Å². The van der Waals surface area contributed by atoms with E-state index in [1.165, 1.54) is 0 Å². The van der Waals surface area contributed by atoms with Gasteiger partial charge in [-0.05, 0) is 23.4 Å². The molecule has 2 rings (SSSR count). The van der Waals surface area contributed by atoms with Gasteiger partial charge in [0.2, 0.25) is 5.91 Å². The first kappa shape index (κ1) is 17.8. The molecule has 1 aliphatic rings. The molecule has 1 fully saturated rings. The Kier molecular flexibility index (Phi) is 6.21. The highest BCUT2D eigenvalue weighted by Gasteiger charge is 2.42. The number of carbonyl (C=O) groups is 2. The summed E-state index contributed by atoms with van der Waals surface area (Å²) in [6.07, 6.45) is 1.24. The van der Waals surface area contributed by atoms with Gasteiger partial charge in [0.1, 0.15) is 12.6 Å². The van der Waals surface area contributed by atoms with E-state index >= 15 is 0 Å². The molecule has 0 radical (unpaired) electrons. The van der Waals surface area contributed by atoms with Crippen LogP contribution in [0.2, 0.25) is 0 Å². The van der Waals surface area contributed by atoms with Crippen LogP contribution in [0, 0.1) is 5.92 Å². The monoisotopic (exact) mass is 330 g/mol. The van der Waals surface area contributed by atoms with Crippen molar-refractivity contribution in [3.63, 3.8) is 0 Å². The summed E-state index contributed by atoms with van der Waals surface area (Å²) in [6.45, 7) is 4.03. The van der Waals surface area contributed by atoms with Gasteiger partial charge in [0.15, 0.2) is 0 Å². The second-order valence-corrected chi connectivity index (χ2v) is 5.86. The molecule has 7 heteroatoms. The van der Waals surface area contributed by atoms with Gasteiger partial charge in [0.25, 0.3) is 0 Å². The van der Waals surface area contributed by atoms with Gasteiger partial charge in [-0.15, -0.1) is 0 Å². The van der Waals surface area contributed by atoms with Crippen molar-refractivity contribution in [1.29, 1.82) is 0 Å². The number of cyclic esters (lactones) is 1. The van der Waals surface area contributed by atoms with Crippen LogP contribution in [0.15, 0.2) is 35.4 Å². The number of nitrogens with zero attached hydrogens (tertiary/aromatic N) is 4. The predicted octanol–water partition coefficient (Wildman–Crippen LogP) is 3.69. The fraction of sp³-hybridized carbons (Fsp3) is 0.529. The number of azide groups is 1. The summed E-state index contributed by atoms with van der Waals surface area (Å²) in [5.74, 6) is -0.566. The maximum Gasteiger partial charge on any atom is 0.416 e. The molecule has 2 atom stereocenters.